The summed E-state index contributed by atoms with van der Waals surface area (Å²) in [6.07, 6.45) is 2.06. The van der Waals surface area contributed by atoms with Gasteiger partial charge in [-0.2, -0.15) is 0 Å². The fourth-order valence-corrected chi connectivity index (χ4v) is 2.96. The van der Waals surface area contributed by atoms with Crippen LogP contribution in [0.15, 0.2) is 48.7 Å². The summed E-state index contributed by atoms with van der Waals surface area (Å²) >= 11 is 0. The molecule has 6 heteroatoms. The number of halogens is 1. The number of benzene rings is 2. The molecule has 0 saturated heterocycles. The number of fused-ring (bicyclic) bond motifs is 1. The number of amides is 1. The van der Waals surface area contributed by atoms with Crippen molar-refractivity contribution in [2.45, 2.75) is 13.3 Å². The fourth-order valence-electron chi connectivity index (χ4n) is 2.96. The number of aromatic nitrogens is 1. The number of carbonyl (C=O) groups excluding carboxylic acids is 2. The lowest BCUT2D eigenvalue weighted by atomic mass is 10.1. The van der Waals surface area contributed by atoms with E-state index in [1.54, 1.807) is 7.11 Å². The molecule has 3 rings (SSSR count). The van der Waals surface area contributed by atoms with Crippen LogP contribution in [-0.4, -0.2) is 30.0 Å². The van der Waals surface area contributed by atoms with Gasteiger partial charge in [0.25, 0.3) is 5.91 Å². The molecule has 0 radical (unpaired) electrons. The Balaban J connectivity index is 1.79. The lowest BCUT2D eigenvalue weighted by molar-refractivity contribution is 0.0941. The normalized spacial score (nSPS) is 10.7. The van der Waals surface area contributed by atoms with Crippen LogP contribution < -0.4 is 10.1 Å². The lowest BCUT2D eigenvalue weighted by Gasteiger charge is -2.09. The molecule has 3 aromatic rings. The summed E-state index contributed by atoms with van der Waals surface area (Å²) in [7, 11) is 1.60. The molecule has 134 valence electrons. The minimum Gasteiger partial charge on any atom is -0.496 e. The van der Waals surface area contributed by atoms with Crippen molar-refractivity contribution < 1.29 is 18.7 Å². The molecule has 5 nitrogen and oxygen atoms in total. The van der Waals surface area contributed by atoms with Gasteiger partial charge in [-0.15, -0.1) is 0 Å². The lowest BCUT2D eigenvalue weighted by Crippen LogP contribution is -2.25. The van der Waals surface area contributed by atoms with Gasteiger partial charge in [0, 0.05) is 25.1 Å². The van der Waals surface area contributed by atoms with Gasteiger partial charge in [-0.1, -0.05) is 18.2 Å². The Labute approximate surface area is 150 Å². The van der Waals surface area contributed by atoms with E-state index in [1.807, 2.05) is 24.3 Å². The predicted octanol–water partition coefficient (Wildman–Crippen LogP) is 3.42. The molecule has 0 saturated carbocycles. The summed E-state index contributed by atoms with van der Waals surface area (Å²) in [5.74, 6) is -0.281. The molecular weight excluding hydrogens is 335 g/mol. The Bertz CT molecular complexity index is 978. The van der Waals surface area contributed by atoms with E-state index in [-0.39, 0.29) is 11.8 Å². The zero-order valence-electron chi connectivity index (χ0n) is 14.6. The van der Waals surface area contributed by atoms with E-state index in [9.17, 15) is 14.0 Å². The first-order chi connectivity index (χ1) is 12.5. The summed E-state index contributed by atoms with van der Waals surface area (Å²) in [6, 6.07) is 11.6. The highest BCUT2D eigenvalue weighted by Crippen LogP contribution is 2.23. The van der Waals surface area contributed by atoms with E-state index < -0.39 is 5.82 Å². The van der Waals surface area contributed by atoms with Gasteiger partial charge in [0.1, 0.15) is 11.6 Å². The predicted molar refractivity (Wildman–Crippen MR) is 97.2 cm³/mol. The largest absolute Gasteiger partial charge is 0.496 e. The molecule has 26 heavy (non-hydrogen) atoms. The van der Waals surface area contributed by atoms with Crippen LogP contribution in [-0.2, 0) is 6.42 Å². The number of nitrogens with zero attached hydrogens (tertiary/aromatic N) is 1. The SMILES string of the molecule is COc1ccccc1CCNC(=O)c1cn(C(C)=O)c2cc(F)ccc12. The molecule has 1 heterocycles. The van der Waals surface area contributed by atoms with E-state index in [2.05, 4.69) is 5.32 Å². The molecule has 0 aliphatic carbocycles. The molecule has 2 aromatic carbocycles. The highest BCUT2D eigenvalue weighted by Gasteiger charge is 2.17. The first-order valence-corrected chi connectivity index (χ1v) is 8.23. The molecule has 0 unspecified atom stereocenters. The van der Waals surface area contributed by atoms with E-state index in [0.29, 0.717) is 29.4 Å². The third kappa shape index (κ3) is 3.44. The summed E-state index contributed by atoms with van der Waals surface area (Å²) in [6.45, 7) is 1.78. The van der Waals surface area contributed by atoms with Gasteiger partial charge in [-0.3, -0.25) is 14.2 Å². The molecular formula is C20H19FN2O3. The third-order valence-electron chi connectivity index (χ3n) is 4.22. The average molecular weight is 354 g/mol. The first-order valence-electron chi connectivity index (χ1n) is 8.23. The zero-order chi connectivity index (χ0) is 18.7. The number of nitrogens with one attached hydrogen (secondary N) is 1. The molecule has 1 amide bonds. The van der Waals surface area contributed by atoms with E-state index in [4.69, 9.17) is 4.74 Å². The number of hydrogen-bond acceptors (Lipinski definition) is 3. The quantitative estimate of drug-likeness (QED) is 0.764. The van der Waals surface area contributed by atoms with Crippen LogP contribution in [0.5, 0.6) is 5.75 Å². The molecule has 0 atom stereocenters. The third-order valence-corrected chi connectivity index (χ3v) is 4.22. The molecule has 0 fully saturated rings. The van der Waals surface area contributed by atoms with Crippen LogP contribution in [0.2, 0.25) is 0 Å². The molecule has 1 aromatic heterocycles. The van der Waals surface area contributed by atoms with Crippen molar-refractivity contribution >= 4 is 22.7 Å². The van der Waals surface area contributed by atoms with Crippen molar-refractivity contribution in [3.05, 3.63) is 65.6 Å². The Hall–Kier alpha value is -3.15. The number of hydrogen-bond donors (Lipinski definition) is 1. The number of ether oxygens (including phenoxy) is 1. The minimum absolute atomic E-state index is 0.284. The fraction of sp³-hybridized carbons (Fsp3) is 0.200. The first kappa shape index (κ1) is 17.7. The second-order valence-electron chi connectivity index (χ2n) is 5.91. The maximum Gasteiger partial charge on any atom is 0.253 e. The smallest absolute Gasteiger partial charge is 0.253 e. The van der Waals surface area contributed by atoms with Crippen molar-refractivity contribution in [3.63, 3.8) is 0 Å². The van der Waals surface area contributed by atoms with Gasteiger partial charge < -0.3 is 10.1 Å². The number of carbonyl (C=O) groups is 2. The topological polar surface area (TPSA) is 60.3 Å². The highest BCUT2D eigenvalue weighted by molar-refractivity contribution is 6.09. The van der Waals surface area contributed by atoms with Gasteiger partial charge in [0.2, 0.25) is 5.91 Å². The maximum absolute atomic E-state index is 13.5. The van der Waals surface area contributed by atoms with Crippen LogP contribution >= 0.6 is 0 Å². The molecule has 0 aliphatic rings. The summed E-state index contributed by atoms with van der Waals surface area (Å²) in [5, 5.41) is 3.38. The van der Waals surface area contributed by atoms with Gasteiger partial charge >= 0.3 is 0 Å². The standard InChI is InChI=1S/C20H19FN2O3/c1-13(24)23-12-17(16-8-7-15(21)11-18(16)23)20(25)22-10-9-14-5-3-4-6-19(14)26-2/h3-8,11-12H,9-10H2,1-2H3,(H,22,25). The maximum atomic E-state index is 13.5. The monoisotopic (exact) mass is 354 g/mol. The van der Waals surface area contributed by atoms with Crippen molar-refractivity contribution in [1.29, 1.82) is 0 Å². The Morgan fingerprint density at radius 3 is 2.69 bits per heavy atom. The van der Waals surface area contributed by atoms with E-state index in [1.165, 1.54) is 35.9 Å². The Morgan fingerprint density at radius 1 is 1.19 bits per heavy atom. The van der Waals surface area contributed by atoms with Crippen LogP contribution in [0, 0.1) is 5.82 Å². The highest BCUT2D eigenvalue weighted by atomic mass is 19.1. The van der Waals surface area contributed by atoms with Crippen molar-refractivity contribution in [3.8, 4) is 5.75 Å². The van der Waals surface area contributed by atoms with Crippen molar-refractivity contribution in [2.24, 2.45) is 0 Å². The second kappa shape index (κ2) is 7.39. The van der Waals surface area contributed by atoms with Crippen LogP contribution in [0.25, 0.3) is 10.9 Å². The van der Waals surface area contributed by atoms with Crippen LogP contribution in [0.1, 0.15) is 27.6 Å². The van der Waals surface area contributed by atoms with Crippen LogP contribution in [0.3, 0.4) is 0 Å². The van der Waals surface area contributed by atoms with Gasteiger partial charge in [0.05, 0.1) is 18.2 Å². The van der Waals surface area contributed by atoms with Gasteiger partial charge in [0.15, 0.2) is 0 Å². The van der Waals surface area contributed by atoms with Gasteiger partial charge in [-0.25, -0.2) is 4.39 Å². The number of para-hydroxylation sites is 1. The molecule has 1 N–H and O–H groups in total. The minimum atomic E-state index is -0.457. The molecule has 0 spiro atoms. The number of methoxy groups -OCH3 is 1. The Morgan fingerprint density at radius 2 is 1.96 bits per heavy atom. The number of rotatable bonds is 5. The molecule has 0 aliphatic heterocycles. The summed E-state index contributed by atoms with van der Waals surface area (Å²) < 4.78 is 20.1. The van der Waals surface area contributed by atoms with E-state index in [0.717, 1.165) is 11.3 Å². The summed E-state index contributed by atoms with van der Waals surface area (Å²) in [5.41, 5.74) is 1.71. The van der Waals surface area contributed by atoms with Crippen molar-refractivity contribution in [2.75, 3.05) is 13.7 Å². The molecule has 0 bridgehead atoms. The second-order valence-corrected chi connectivity index (χ2v) is 5.91. The van der Waals surface area contributed by atoms with Gasteiger partial charge in [-0.05, 0) is 36.2 Å². The van der Waals surface area contributed by atoms with Crippen molar-refractivity contribution in [1.82, 2.24) is 9.88 Å². The van der Waals surface area contributed by atoms with Crippen LogP contribution in [0.4, 0.5) is 4.39 Å². The van der Waals surface area contributed by atoms with E-state index >= 15 is 0 Å². The average Bonchev–Trinajstić information content (AvgIpc) is 3.01. The zero-order valence-corrected chi connectivity index (χ0v) is 14.6. The summed E-state index contributed by atoms with van der Waals surface area (Å²) in [4.78, 5) is 24.3. The Kier molecular flexibility index (Phi) is 5.02.